The minimum atomic E-state index is -1.06. The fourth-order valence-corrected chi connectivity index (χ4v) is 6.73. The van der Waals surface area contributed by atoms with E-state index in [-0.39, 0.29) is 23.9 Å². The lowest BCUT2D eigenvalue weighted by Gasteiger charge is -2.38. The first kappa shape index (κ1) is 28.5. The Labute approximate surface area is 237 Å². The summed E-state index contributed by atoms with van der Waals surface area (Å²) in [6.45, 7) is 5.54. The van der Waals surface area contributed by atoms with E-state index < -0.39 is 5.60 Å². The molecule has 5 rings (SSSR count). The van der Waals surface area contributed by atoms with Crippen LogP contribution in [0.1, 0.15) is 101 Å². The molecule has 3 unspecified atom stereocenters. The number of aliphatic hydroxyl groups is 1. The van der Waals surface area contributed by atoms with Gasteiger partial charge in [-0.05, 0) is 43.1 Å². The Kier molecular flexibility index (Phi) is 8.74. The van der Waals surface area contributed by atoms with Gasteiger partial charge in [-0.1, -0.05) is 76.3 Å². The molecule has 8 nitrogen and oxygen atoms in total. The summed E-state index contributed by atoms with van der Waals surface area (Å²) in [5, 5.41) is 16.0. The van der Waals surface area contributed by atoms with Crippen LogP contribution in [0.3, 0.4) is 0 Å². The summed E-state index contributed by atoms with van der Waals surface area (Å²) in [4.78, 5) is 33.1. The summed E-state index contributed by atoms with van der Waals surface area (Å²) in [6.07, 6.45) is 11.3. The first-order valence-corrected chi connectivity index (χ1v) is 15.2. The molecule has 1 aliphatic heterocycles. The number of piperidine rings is 1. The Morgan fingerprint density at radius 1 is 1.05 bits per heavy atom. The standard InChI is InChI=1S/C32H45N5O3/c1-23-10-6-4-9-13-26(15-14-23)30-28-29(34-35(30)3)31(39)37(22-33-28)21-32(40)16-18-36(19-17-32)27(38)20-24(2)25-11-7-5-8-12-25/h5,7-8,11-12,22-24,26,40H,4,6,9-10,13-21H2,1-3H3. The van der Waals surface area contributed by atoms with Gasteiger partial charge in [0.25, 0.3) is 5.56 Å². The quantitative estimate of drug-likeness (QED) is 0.461. The molecule has 216 valence electrons. The number of fused-ring (bicyclic) bond motifs is 1. The van der Waals surface area contributed by atoms with Gasteiger partial charge in [-0.25, -0.2) is 4.98 Å². The summed E-state index contributed by atoms with van der Waals surface area (Å²) in [6, 6.07) is 10.1. The smallest absolute Gasteiger partial charge is 0.281 e. The summed E-state index contributed by atoms with van der Waals surface area (Å²) in [7, 11) is 1.93. The van der Waals surface area contributed by atoms with Crippen LogP contribution in [0.4, 0.5) is 0 Å². The molecule has 0 bridgehead atoms. The van der Waals surface area contributed by atoms with Crippen LogP contribution in [0.5, 0.6) is 0 Å². The third-order valence-corrected chi connectivity index (χ3v) is 9.36. The van der Waals surface area contributed by atoms with Gasteiger partial charge in [-0.3, -0.25) is 18.8 Å². The SMILES string of the molecule is CC1CCCCCC(c2c3ncn(CC4(O)CCN(C(=O)CC(C)c5ccccc5)CC4)c(=O)c3nn2C)CC1. The van der Waals surface area contributed by atoms with Crippen molar-refractivity contribution in [1.29, 1.82) is 0 Å². The van der Waals surface area contributed by atoms with Gasteiger partial charge >= 0.3 is 0 Å². The van der Waals surface area contributed by atoms with Gasteiger partial charge in [0.2, 0.25) is 5.91 Å². The Bertz CT molecular complexity index is 1360. The molecule has 0 radical (unpaired) electrons. The number of carbonyl (C=O) groups is 1. The van der Waals surface area contributed by atoms with E-state index >= 15 is 0 Å². The number of aryl methyl sites for hydroxylation is 1. The number of benzene rings is 1. The van der Waals surface area contributed by atoms with Gasteiger partial charge in [0.05, 0.1) is 24.2 Å². The van der Waals surface area contributed by atoms with Gasteiger partial charge < -0.3 is 10.0 Å². The number of amides is 1. The number of nitrogens with zero attached hydrogens (tertiary/aromatic N) is 5. The number of aromatic nitrogens is 4. The summed E-state index contributed by atoms with van der Waals surface area (Å²) >= 11 is 0. The topological polar surface area (TPSA) is 93.2 Å². The van der Waals surface area contributed by atoms with Crippen LogP contribution in [-0.2, 0) is 18.4 Å². The van der Waals surface area contributed by atoms with Gasteiger partial charge in [0.15, 0.2) is 5.52 Å². The maximum atomic E-state index is 13.5. The van der Waals surface area contributed by atoms with E-state index in [9.17, 15) is 14.7 Å². The normalized spacial score (nSPS) is 22.9. The Morgan fingerprint density at radius 2 is 1.77 bits per heavy atom. The Hall–Kier alpha value is -3.00. The minimum Gasteiger partial charge on any atom is -0.388 e. The molecule has 3 aromatic rings. The lowest BCUT2D eigenvalue weighted by atomic mass is 9.90. The predicted molar refractivity (Wildman–Crippen MR) is 157 cm³/mol. The number of rotatable bonds is 6. The van der Waals surface area contributed by atoms with Crippen molar-refractivity contribution >= 4 is 16.9 Å². The number of carbonyl (C=O) groups excluding carboxylic acids is 1. The highest BCUT2D eigenvalue weighted by Gasteiger charge is 2.35. The zero-order chi connectivity index (χ0) is 28.3. The third-order valence-electron chi connectivity index (χ3n) is 9.36. The second kappa shape index (κ2) is 12.2. The van der Waals surface area contributed by atoms with Crippen molar-refractivity contribution < 1.29 is 9.90 Å². The monoisotopic (exact) mass is 547 g/mol. The summed E-state index contributed by atoms with van der Waals surface area (Å²) in [5.74, 6) is 1.33. The lowest BCUT2D eigenvalue weighted by molar-refractivity contribution is -0.136. The molecule has 1 saturated carbocycles. The molecule has 1 aromatic carbocycles. The molecule has 1 saturated heterocycles. The van der Waals surface area contributed by atoms with E-state index in [0.717, 1.165) is 30.0 Å². The van der Waals surface area contributed by atoms with Crippen LogP contribution < -0.4 is 5.56 Å². The van der Waals surface area contributed by atoms with Crippen molar-refractivity contribution in [3.05, 3.63) is 58.3 Å². The van der Waals surface area contributed by atoms with Gasteiger partial charge in [0, 0.05) is 32.5 Å². The van der Waals surface area contributed by atoms with E-state index in [1.807, 2.05) is 34.8 Å². The van der Waals surface area contributed by atoms with Gasteiger partial charge in [-0.2, -0.15) is 5.10 Å². The van der Waals surface area contributed by atoms with Crippen LogP contribution in [0, 0.1) is 5.92 Å². The van der Waals surface area contributed by atoms with Crippen LogP contribution in [0.15, 0.2) is 41.5 Å². The van der Waals surface area contributed by atoms with Gasteiger partial charge in [0.1, 0.15) is 5.52 Å². The number of hydrogen-bond donors (Lipinski definition) is 1. The zero-order valence-electron chi connectivity index (χ0n) is 24.4. The summed E-state index contributed by atoms with van der Waals surface area (Å²) < 4.78 is 3.38. The molecule has 0 spiro atoms. The summed E-state index contributed by atoms with van der Waals surface area (Å²) in [5.41, 5.74) is 2.06. The largest absolute Gasteiger partial charge is 0.388 e. The highest BCUT2D eigenvalue weighted by Crippen LogP contribution is 2.34. The predicted octanol–water partition coefficient (Wildman–Crippen LogP) is 5.14. The average molecular weight is 548 g/mol. The van der Waals surface area contributed by atoms with Crippen molar-refractivity contribution in [3.8, 4) is 0 Å². The third kappa shape index (κ3) is 6.32. The molecule has 1 N–H and O–H groups in total. The number of hydrogen-bond acceptors (Lipinski definition) is 5. The van der Waals surface area contributed by atoms with Crippen LogP contribution in [0.2, 0.25) is 0 Å². The first-order chi connectivity index (χ1) is 19.2. The van der Waals surface area contributed by atoms with Crippen molar-refractivity contribution in [2.24, 2.45) is 13.0 Å². The van der Waals surface area contributed by atoms with Crippen molar-refractivity contribution in [2.75, 3.05) is 13.1 Å². The minimum absolute atomic E-state index is 0.110. The molecular formula is C32H45N5O3. The van der Waals surface area contributed by atoms with E-state index in [2.05, 4.69) is 31.1 Å². The van der Waals surface area contributed by atoms with Crippen molar-refractivity contribution in [2.45, 2.75) is 102 Å². The average Bonchev–Trinajstić information content (AvgIpc) is 3.33. The van der Waals surface area contributed by atoms with E-state index in [0.29, 0.717) is 49.3 Å². The maximum Gasteiger partial charge on any atom is 0.281 e. The molecular weight excluding hydrogens is 502 g/mol. The molecule has 2 aliphatic rings. The maximum absolute atomic E-state index is 13.5. The molecule has 2 fully saturated rings. The fraction of sp³-hybridized carbons (Fsp3) is 0.625. The van der Waals surface area contributed by atoms with E-state index in [4.69, 9.17) is 4.98 Å². The van der Waals surface area contributed by atoms with Crippen molar-refractivity contribution in [3.63, 3.8) is 0 Å². The van der Waals surface area contributed by atoms with E-state index in [1.54, 1.807) is 6.33 Å². The number of likely N-dealkylation sites (tertiary alicyclic amines) is 1. The second-order valence-corrected chi connectivity index (χ2v) is 12.5. The van der Waals surface area contributed by atoms with Gasteiger partial charge in [-0.15, -0.1) is 0 Å². The second-order valence-electron chi connectivity index (χ2n) is 12.5. The first-order valence-electron chi connectivity index (χ1n) is 15.2. The lowest BCUT2D eigenvalue weighted by Crippen LogP contribution is -2.49. The van der Waals surface area contributed by atoms with Crippen LogP contribution >= 0.6 is 0 Å². The van der Waals surface area contributed by atoms with E-state index in [1.165, 1.54) is 36.7 Å². The molecule has 1 amide bonds. The van der Waals surface area contributed by atoms with Crippen LogP contribution in [0.25, 0.3) is 11.0 Å². The molecule has 2 aromatic heterocycles. The molecule has 40 heavy (non-hydrogen) atoms. The Balaban J connectivity index is 1.25. The molecule has 3 atom stereocenters. The van der Waals surface area contributed by atoms with Crippen molar-refractivity contribution in [1.82, 2.24) is 24.2 Å². The highest BCUT2D eigenvalue weighted by atomic mass is 16.3. The zero-order valence-corrected chi connectivity index (χ0v) is 24.4. The molecule has 3 heterocycles. The highest BCUT2D eigenvalue weighted by molar-refractivity contribution is 5.77. The van der Waals surface area contributed by atoms with Crippen LogP contribution in [-0.4, -0.2) is 53.9 Å². The molecule has 1 aliphatic carbocycles. The fourth-order valence-electron chi connectivity index (χ4n) is 6.73. The Morgan fingerprint density at radius 3 is 2.52 bits per heavy atom. The molecule has 8 heteroatoms.